The summed E-state index contributed by atoms with van der Waals surface area (Å²) in [5, 5.41) is 9.81. The van der Waals surface area contributed by atoms with Gasteiger partial charge in [0.1, 0.15) is 5.75 Å². The summed E-state index contributed by atoms with van der Waals surface area (Å²) in [5.74, 6) is 0.656. The minimum absolute atomic E-state index is 0.0681. The quantitative estimate of drug-likeness (QED) is 0.771. The Balaban J connectivity index is 2.35. The maximum absolute atomic E-state index is 12.4. The third-order valence-corrected chi connectivity index (χ3v) is 3.83. The first kappa shape index (κ1) is 11.1. The molecule has 3 rings (SSSR count). The molecule has 92 valence electrons. The van der Waals surface area contributed by atoms with Crippen molar-refractivity contribution in [1.29, 1.82) is 0 Å². The van der Waals surface area contributed by atoms with Gasteiger partial charge in [-0.05, 0) is 42.7 Å². The van der Waals surface area contributed by atoms with Crippen LogP contribution in [-0.2, 0) is 0 Å². The Bertz CT molecular complexity index is 665. The standard InChI is InChI=1S/C15H14O3/c1-7-6-18-15-12(7)9(3)13-8(2)11(16)5-4-10(13)14(15)17/h4-6,9,16H,1-3H3. The molecule has 0 saturated heterocycles. The van der Waals surface area contributed by atoms with E-state index in [2.05, 4.69) is 0 Å². The number of aromatic hydroxyl groups is 1. The average molecular weight is 242 g/mol. The fourth-order valence-corrected chi connectivity index (χ4v) is 2.91. The molecule has 0 radical (unpaired) electrons. The van der Waals surface area contributed by atoms with Crippen LogP contribution in [0.2, 0.25) is 0 Å². The predicted octanol–water partition coefficient (Wildman–Crippen LogP) is 3.30. The van der Waals surface area contributed by atoms with Gasteiger partial charge >= 0.3 is 0 Å². The fraction of sp³-hybridized carbons (Fsp3) is 0.267. The lowest BCUT2D eigenvalue weighted by molar-refractivity contribution is 0.100. The van der Waals surface area contributed by atoms with Crippen LogP contribution >= 0.6 is 0 Å². The van der Waals surface area contributed by atoms with Gasteiger partial charge in [0.2, 0.25) is 5.78 Å². The van der Waals surface area contributed by atoms with Crippen LogP contribution in [0.25, 0.3) is 0 Å². The van der Waals surface area contributed by atoms with E-state index in [-0.39, 0.29) is 17.5 Å². The molecule has 1 aromatic heterocycles. The summed E-state index contributed by atoms with van der Waals surface area (Å²) in [5.41, 5.74) is 4.26. The first-order valence-electron chi connectivity index (χ1n) is 5.97. The van der Waals surface area contributed by atoms with Crippen LogP contribution in [-0.4, -0.2) is 10.9 Å². The van der Waals surface area contributed by atoms with Gasteiger partial charge in [0, 0.05) is 17.0 Å². The molecule has 3 nitrogen and oxygen atoms in total. The highest BCUT2D eigenvalue weighted by atomic mass is 16.3. The van der Waals surface area contributed by atoms with Gasteiger partial charge < -0.3 is 9.52 Å². The maximum atomic E-state index is 12.4. The van der Waals surface area contributed by atoms with Gasteiger partial charge in [-0.25, -0.2) is 0 Å². The molecule has 1 N–H and O–H groups in total. The van der Waals surface area contributed by atoms with Crippen LogP contribution in [0.5, 0.6) is 5.75 Å². The van der Waals surface area contributed by atoms with Crippen molar-refractivity contribution in [3.8, 4) is 5.75 Å². The molecule has 2 aromatic rings. The Morgan fingerprint density at radius 3 is 2.67 bits per heavy atom. The Hall–Kier alpha value is -2.03. The van der Waals surface area contributed by atoms with Crippen molar-refractivity contribution in [1.82, 2.24) is 0 Å². The summed E-state index contributed by atoms with van der Waals surface area (Å²) in [6, 6.07) is 3.25. The Morgan fingerprint density at radius 1 is 1.22 bits per heavy atom. The molecular formula is C15H14O3. The number of furan rings is 1. The molecule has 1 aliphatic carbocycles. The van der Waals surface area contributed by atoms with Crippen LogP contribution in [0, 0.1) is 13.8 Å². The summed E-state index contributed by atoms with van der Waals surface area (Å²) in [6.45, 7) is 5.83. The molecule has 1 atom stereocenters. The number of carbonyl (C=O) groups excluding carboxylic acids is 1. The second-order valence-electron chi connectivity index (χ2n) is 4.88. The van der Waals surface area contributed by atoms with E-state index < -0.39 is 0 Å². The van der Waals surface area contributed by atoms with Crippen LogP contribution in [0.3, 0.4) is 0 Å². The molecule has 0 bridgehead atoms. The first-order valence-corrected chi connectivity index (χ1v) is 5.97. The van der Waals surface area contributed by atoms with Gasteiger partial charge in [0.05, 0.1) is 6.26 Å². The molecule has 1 heterocycles. The maximum Gasteiger partial charge on any atom is 0.228 e. The van der Waals surface area contributed by atoms with Crippen molar-refractivity contribution in [2.75, 3.05) is 0 Å². The monoisotopic (exact) mass is 242 g/mol. The van der Waals surface area contributed by atoms with E-state index in [4.69, 9.17) is 4.42 Å². The Morgan fingerprint density at radius 2 is 1.94 bits per heavy atom. The second kappa shape index (κ2) is 3.48. The second-order valence-corrected chi connectivity index (χ2v) is 4.88. The van der Waals surface area contributed by atoms with Crippen LogP contribution < -0.4 is 0 Å². The minimum atomic E-state index is -0.0886. The first-order chi connectivity index (χ1) is 8.52. The highest BCUT2D eigenvalue weighted by Gasteiger charge is 2.34. The van der Waals surface area contributed by atoms with E-state index in [1.165, 1.54) is 0 Å². The Labute approximate surface area is 105 Å². The van der Waals surface area contributed by atoms with E-state index in [0.29, 0.717) is 11.3 Å². The third-order valence-electron chi connectivity index (χ3n) is 3.83. The Kier molecular flexibility index (Phi) is 2.14. The summed E-state index contributed by atoms with van der Waals surface area (Å²) < 4.78 is 5.38. The van der Waals surface area contributed by atoms with E-state index >= 15 is 0 Å². The van der Waals surface area contributed by atoms with Crippen molar-refractivity contribution in [3.63, 3.8) is 0 Å². The van der Waals surface area contributed by atoms with Crippen molar-refractivity contribution < 1.29 is 14.3 Å². The number of hydrogen-bond donors (Lipinski definition) is 1. The number of carbonyl (C=O) groups is 1. The number of benzene rings is 1. The van der Waals surface area contributed by atoms with Crippen LogP contribution in [0.4, 0.5) is 0 Å². The fourth-order valence-electron chi connectivity index (χ4n) is 2.91. The van der Waals surface area contributed by atoms with Gasteiger partial charge in [-0.15, -0.1) is 0 Å². The van der Waals surface area contributed by atoms with Crippen LogP contribution in [0.15, 0.2) is 22.8 Å². The number of phenolic OH excluding ortho intramolecular Hbond substituents is 1. The van der Waals surface area contributed by atoms with Gasteiger partial charge in [-0.3, -0.25) is 4.79 Å². The molecule has 0 saturated carbocycles. The smallest absolute Gasteiger partial charge is 0.228 e. The number of hydrogen-bond acceptors (Lipinski definition) is 3. The number of ketones is 1. The largest absolute Gasteiger partial charge is 0.508 e. The van der Waals surface area contributed by atoms with Gasteiger partial charge in [0.25, 0.3) is 0 Å². The zero-order chi connectivity index (χ0) is 13.0. The van der Waals surface area contributed by atoms with Crippen LogP contribution in [0.1, 0.15) is 51.2 Å². The summed E-state index contributed by atoms with van der Waals surface area (Å²) >= 11 is 0. The molecule has 1 aromatic carbocycles. The van der Waals surface area contributed by atoms with Crippen molar-refractivity contribution in [3.05, 3.63) is 52.0 Å². The molecule has 1 aliphatic rings. The van der Waals surface area contributed by atoms with Gasteiger partial charge in [0.15, 0.2) is 5.76 Å². The summed E-state index contributed by atoms with van der Waals surface area (Å²) in [7, 11) is 0. The summed E-state index contributed by atoms with van der Waals surface area (Å²) in [6.07, 6.45) is 1.63. The van der Waals surface area contributed by atoms with E-state index in [0.717, 1.165) is 22.3 Å². The van der Waals surface area contributed by atoms with Crippen molar-refractivity contribution in [2.45, 2.75) is 26.7 Å². The molecule has 18 heavy (non-hydrogen) atoms. The molecular weight excluding hydrogens is 228 g/mol. The zero-order valence-corrected chi connectivity index (χ0v) is 10.6. The lowest BCUT2D eigenvalue weighted by Crippen LogP contribution is -2.18. The SMILES string of the molecule is Cc1coc2c1C(C)c1c(ccc(O)c1C)C2=O. The number of phenols is 1. The average Bonchev–Trinajstić information content (AvgIpc) is 2.72. The summed E-state index contributed by atoms with van der Waals surface area (Å²) in [4.78, 5) is 12.4. The minimum Gasteiger partial charge on any atom is -0.508 e. The number of rotatable bonds is 0. The third kappa shape index (κ3) is 1.22. The lowest BCUT2D eigenvalue weighted by Gasteiger charge is -2.24. The molecule has 3 heteroatoms. The van der Waals surface area contributed by atoms with E-state index in [1.54, 1.807) is 18.4 Å². The van der Waals surface area contributed by atoms with E-state index in [1.807, 2.05) is 20.8 Å². The molecule has 1 unspecified atom stereocenters. The van der Waals surface area contributed by atoms with Crippen molar-refractivity contribution in [2.24, 2.45) is 0 Å². The van der Waals surface area contributed by atoms with E-state index in [9.17, 15) is 9.90 Å². The van der Waals surface area contributed by atoms with Gasteiger partial charge in [-0.2, -0.15) is 0 Å². The molecule has 0 aliphatic heterocycles. The zero-order valence-electron chi connectivity index (χ0n) is 10.6. The molecule has 0 amide bonds. The van der Waals surface area contributed by atoms with Crippen molar-refractivity contribution >= 4 is 5.78 Å². The van der Waals surface area contributed by atoms with Gasteiger partial charge in [-0.1, -0.05) is 6.92 Å². The number of fused-ring (bicyclic) bond motifs is 2. The lowest BCUT2D eigenvalue weighted by atomic mass is 9.78. The molecule has 0 spiro atoms. The predicted molar refractivity (Wildman–Crippen MR) is 67.2 cm³/mol. The highest BCUT2D eigenvalue weighted by Crippen LogP contribution is 2.42. The topological polar surface area (TPSA) is 50.4 Å². The molecule has 0 fully saturated rings. The normalized spacial score (nSPS) is 17.5. The highest BCUT2D eigenvalue weighted by molar-refractivity contribution is 6.11. The number of aryl methyl sites for hydroxylation is 1.